The van der Waals surface area contributed by atoms with Gasteiger partial charge in [0.2, 0.25) is 0 Å². The van der Waals surface area contributed by atoms with E-state index < -0.39 is 5.79 Å². The first kappa shape index (κ1) is 19.1. The van der Waals surface area contributed by atoms with Crippen molar-refractivity contribution < 1.29 is 19.0 Å². The first-order valence-electron chi connectivity index (χ1n) is 11.6. The number of fused-ring (bicyclic) bond motifs is 3. The Hall–Kier alpha value is -1.65. The zero-order chi connectivity index (χ0) is 20.8. The van der Waals surface area contributed by atoms with Gasteiger partial charge in [-0.15, -0.1) is 0 Å². The SMILES string of the molecule is COc1ccc([C@@]23C=C[C@]4(CCCC[C@@]42C)[C@@H]2[C@H]3C(=O)C[C@@H](C)C23OCCO3)cc1. The van der Waals surface area contributed by atoms with Crippen LogP contribution in [0.1, 0.15) is 51.5 Å². The summed E-state index contributed by atoms with van der Waals surface area (Å²) in [6.45, 7) is 5.88. The molecule has 3 saturated carbocycles. The number of benzene rings is 1. The molecule has 160 valence electrons. The summed E-state index contributed by atoms with van der Waals surface area (Å²) in [4.78, 5) is 13.8. The first-order valence-corrected chi connectivity index (χ1v) is 11.6. The minimum Gasteiger partial charge on any atom is -0.497 e. The molecular formula is C26H32O4. The van der Waals surface area contributed by atoms with Crippen molar-refractivity contribution in [3.05, 3.63) is 42.0 Å². The van der Waals surface area contributed by atoms with Crippen LogP contribution in [-0.4, -0.2) is 31.9 Å². The molecule has 4 fully saturated rings. The van der Waals surface area contributed by atoms with E-state index in [1.165, 1.54) is 18.4 Å². The van der Waals surface area contributed by atoms with Gasteiger partial charge in [-0.2, -0.15) is 0 Å². The van der Waals surface area contributed by atoms with Crippen molar-refractivity contribution in [1.82, 2.24) is 0 Å². The Morgan fingerprint density at radius 2 is 1.73 bits per heavy atom. The molecule has 1 heterocycles. The van der Waals surface area contributed by atoms with E-state index in [4.69, 9.17) is 14.2 Å². The zero-order valence-corrected chi connectivity index (χ0v) is 18.3. The van der Waals surface area contributed by atoms with Crippen molar-refractivity contribution in [2.75, 3.05) is 20.3 Å². The van der Waals surface area contributed by atoms with E-state index in [0.29, 0.717) is 25.4 Å². The van der Waals surface area contributed by atoms with Crippen molar-refractivity contribution in [2.24, 2.45) is 28.6 Å². The summed E-state index contributed by atoms with van der Waals surface area (Å²) in [5.41, 5.74) is 0.882. The molecule has 1 aromatic rings. The molecule has 2 bridgehead atoms. The van der Waals surface area contributed by atoms with Crippen LogP contribution in [0.3, 0.4) is 0 Å². The van der Waals surface area contributed by atoms with Crippen LogP contribution in [0.4, 0.5) is 0 Å². The van der Waals surface area contributed by atoms with Gasteiger partial charge in [0.05, 0.1) is 20.3 Å². The number of carbonyl (C=O) groups is 1. The predicted molar refractivity (Wildman–Crippen MR) is 113 cm³/mol. The summed E-state index contributed by atoms with van der Waals surface area (Å²) in [6, 6.07) is 8.48. The third kappa shape index (κ3) is 1.86. The largest absolute Gasteiger partial charge is 0.497 e. The fraction of sp³-hybridized carbons (Fsp3) is 0.654. The van der Waals surface area contributed by atoms with Gasteiger partial charge in [-0.25, -0.2) is 0 Å². The summed E-state index contributed by atoms with van der Waals surface area (Å²) in [6.07, 6.45) is 10.1. The quantitative estimate of drug-likeness (QED) is 0.667. The van der Waals surface area contributed by atoms with Gasteiger partial charge in [0, 0.05) is 35.0 Å². The number of allylic oxidation sites excluding steroid dienone is 2. The normalized spacial score (nSPS) is 45.6. The molecule has 4 aliphatic carbocycles. The molecule has 4 nitrogen and oxygen atoms in total. The highest BCUT2D eigenvalue weighted by molar-refractivity contribution is 5.87. The number of hydrogen-bond donors (Lipinski definition) is 0. The van der Waals surface area contributed by atoms with E-state index in [-0.39, 0.29) is 34.0 Å². The fourth-order valence-electron chi connectivity index (χ4n) is 8.62. The second-order valence-corrected chi connectivity index (χ2v) is 10.5. The molecule has 0 N–H and O–H groups in total. The van der Waals surface area contributed by atoms with Gasteiger partial charge in [-0.05, 0) is 36.0 Å². The summed E-state index contributed by atoms with van der Waals surface area (Å²) < 4.78 is 18.4. The monoisotopic (exact) mass is 408 g/mol. The Balaban J connectivity index is 1.62. The predicted octanol–water partition coefficient (Wildman–Crippen LogP) is 4.67. The number of methoxy groups -OCH3 is 1. The Morgan fingerprint density at radius 3 is 2.43 bits per heavy atom. The molecule has 6 atom stereocenters. The maximum atomic E-state index is 13.8. The molecule has 1 spiro atoms. The Morgan fingerprint density at radius 1 is 1.03 bits per heavy atom. The minimum absolute atomic E-state index is 0.00972. The second kappa shape index (κ2) is 5.98. The van der Waals surface area contributed by atoms with Crippen LogP contribution >= 0.6 is 0 Å². The van der Waals surface area contributed by atoms with Crippen LogP contribution in [0.2, 0.25) is 0 Å². The van der Waals surface area contributed by atoms with E-state index >= 15 is 0 Å². The minimum atomic E-state index is -0.629. The lowest BCUT2D eigenvalue weighted by Gasteiger charge is -2.54. The number of Topliss-reactive ketones (excluding diaryl/α,β-unsaturated/α-hetero) is 1. The molecule has 4 heteroatoms. The lowest BCUT2D eigenvalue weighted by Crippen LogP contribution is -2.60. The molecule has 1 aliphatic heterocycles. The molecule has 0 amide bonds. The van der Waals surface area contributed by atoms with Crippen LogP contribution in [0.25, 0.3) is 0 Å². The summed E-state index contributed by atoms with van der Waals surface area (Å²) in [5.74, 6) is 0.710. The van der Waals surface area contributed by atoms with Gasteiger partial charge in [0.1, 0.15) is 11.5 Å². The van der Waals surface area contributed by atoms with Crippen LogP contribution in [-0.2, 0) is 19.7 Å². The Labute approximate surface area is 179 Å². The van der Waals surface area contributed by atoms with Crippen molar-refractivity contribution in [2.45, 2.75) is 57.2 Å². The van der Waals surface area contributed by atoms with E-state index in [0.717, 1.165) is 18.6 Å². The lowest BCUT2D eigenvalue weighted by atomic mass is 9.52. The van der Waals surface area contributed by atoms with Crippen molar-refractivity contribution in [3.63, 3.8) is 0 Å². The second-order valence-electron chi connectivity index (χ2n) is 10.5. The highest BCUT2D eigenvalue weighted by Crippen LogP contribution is 2.81. The molecule has 6 rings (SSSR count). The fourth-order valence-corrected chi connectivity index (χ4v) is 8.62. The molecule has 1 saturated heterocycles. The van der Waals surface area contributed by atoms with Gasteiger partial charge < -0.3 is 14.2 Å². The average molecular weight is 409 g/mol. The number of ketones is 1. The maximum Gasteiger partial charge on any atom is 0.175 e. The van der Waals surface area contributed by atoms with Crippen LogP contribution in [0.15, 0.2) is 36.4 Å². The number of rotatable bonds is 2. The molecular weight excluding hydrogens is 376 g/mol. The van der Waals surface area contributed by atoms with E-state index in [2.05, 4.69) is 38.1 Å². The van der Waals surface area contributed by atoms with E-state index in [1.807, 2.05) is 12.1 Å². The standard InChI is InChI=1S/C26H32O4/c1-17-16-20(27)21-22(26(17)29-14-15-30-26)24-11-5-4-10-23(24,2)25(21,13-12-24)18-6-8-19(28-3)9-7-18/h6-9,12-13,17,21-22H,4-5,10-11,14-16H2,1-3H3/t17-,21-,22+,23+,24-,25-/m1/s1. The van der Waals surface area contributed by atoms with Crippen molar-refractivity contribution in [1.29, 1.82) is 0 Å². The molecule has 1 aromatic carbocycles. The zero-order valence-electron chi connectivity index (χ0n) is 18.3. The van der Waals surface area contributed by atoms with Gasteiger partial charge in [0.25, 0.3) is 0 Å². The van der Waals surface area contributed by atoms with Gasteiger partial charge >= 0.3 is 0 Å². The van der Waals surface area contributed by atoms with Crippen LogP contribution in [0.5, 0.6) is 5.75 Å². The number of carbonyl (C=O) groups excluding carboxylic acids is 1. The lowest BCUT2D eigenvalue weighted by molar-refractivity contribution is -0.266. The summed E-state index contributed by atoms with van der Waals surface area (Å²) in [5, 5.41) is 0. The first-order chi connectivity index (χ1) is 14.5. The molecule has 0 unspecified atom stereocenters. The van der Waals surface area contributed by atoms with E-state index in [9.17, 15) is 4.79 Å². The van der Waals surface area contributed by atoms with E-state index in [1.54, 1.807) is 7.11 Å². The summed E-state index contributed by atoms with van der Waals surface area (Å²) in [7, 11) is 1.70. The van der Waals surface area contributed by atoms with Gasteiger partial charge in [-0.3, -0.25) is 4.79 Å². The molecule has 5 aliphatic rings. The van der Waals surface area contributed by atoms with Gasteiger partial charge in [0.15, 0.2) is 5.79 Å². The average Bonchev–Trinajstić information content (AvgIpc) is 3.40. The van der Waals surface area contributed by atoms with Crippen molar-refractivity contribution >= 4 is 5.78 Å². The van der Waals surface area contributed by atoms with Crippen molar-refractivity contribution in [3.8, 4) is 5.75 Å². The van der Waals surface area contributed by atoms with Crippen LogP contribution in [0, 0.1) is 28.6 Å². The Bertz CT molecular complexity index is 913. The van der Waals surface area contributed by atoms with Crippen LogP contribution < -0.4 is 4.74 Å². The highest BCUT2D eigenvalue weighted by Gasteiger charge is 2.82. The smallest absolute Gasteiger partial charge is 0.175 e. The number of hydrogen-bond acceptors (Lipinski definition) is 4. The van der Waals surface area contributed by atoms with Gasteiger partial charge in [-0.1, -0.05) is 51.0 Å². The third-order valence-electron chi connectivity index (χ3n) is 9.76. The Kier molecular flexibility index (Phi) is 3.80. The summed E-state index contributed by atoms with van der Waals surface area (Å²) >= 11 is 0. The topological polar surface area (TPSA) is 44.8 Å². The molecule has 0 aromatic heterocycles. The molecule has 0 radical (unpaired) electrons. The number of ether oxygens (including phenoxy) is 3. The third-order valence-corrected chi connectivity index (χ3v) is 9.76. The maximum absolute atomic E-state index is 13.8. The molecule has 30 heavy (non-hydrogen) atoms. The highest BCUT2D eigenvalue weighted by atomic mass is 16.7.